The Hall–Kier alpha value is -2.63. The Bertz CT molecular complexity index is 815. The van der Waals surface area contributed by atoms with Gasteiger partial charge in [0.1, 0.15) is 5.56 Å². The van der Waals surface area contributed by atoms with Gasteiger partial charge >= 0.3 is 5.69 Å². The number of hydrogen-bond acceptors (Lipinski definition) is 4. The number of carbonyl (C=O) groups is 1. The summed E-state index contributed by atoms with van der Waals surface area (Å²) in [4.78, 5) is 36.1. The first-order valence-electron chi connectivity index (χ1n) is 6.00. The predicted octanol–water partition coefficient (Wildman–Crippen LogP) is 0.206. The summed E-state index contributed by atoms with van der Waals surface area (Å²) in [5, 5.41) is 0. The normalized spacial score (nSPS) is 10.6. The molecule has 0 aliphatic rings. The highest BCUT2D eigenvalue weighted by molar-refractivity contribution is 6.11. The SMILES string of the molecule is Cc1ccc(N)c(C(=O)c2cn(C)c(=O)n(C)c2=O)c1. The summed E-state index contributed by atoms with van der Waals surface area (Å²) < 4.78 is 2.10. The molecule has 20 heavy (non-hydrogen) atoms. The second-order valence-corrected chi connectivity index (χ2v) is 4.72. The van der Waals surface area contributed by atoms with Gasteiger partial charge in [-0.25, -0.2) is 4.79 Å². The van der Waals surface area contributed by atoms with Crippen LogP contribution in [0.1, 0.15) is 21.5 Å². The van der Waals surface area contributed by atoms with E-state index in [9.17, 15) is 14.4 Å². The van der Waals surface area contributed by atoms with Crippen LogP contribution in [0.15, 0.2) is 34.0 Å². The highest BCUT2D eigenvalue weighted by Crippen LogP contribution is 2.16. The molecule has 0 saturated carbocycles. The molecule has 104 valence electrons. The Morgan fingerprint density at radius 1 is 1.15 bits per heavy atom. The fourth-order valence-electron chi connectivity index (χ4n) is 1.98. The van der Waals surface area contributed by atoms with Crippen molar-refractivity contribution >= 4 is 11.5 Å². The van der Waals surface area contributed by atoms with Crippen molar-refractivity contribution in [1.29, 1.82) is 0 Å². The Balaban J connectivity index is 2.69. The molecule has 0 aliphatic heterocycles. The number of ketones is 1. The summed E-state index contributed by atoms with van der Waals surface area (Å²) in [7, 11) is 2.82. The maximum Gasteiger partial charge on any atom is 0.330 e. The first kappa shape index (κ1) is 13.8. The maximum absolute atomic E-state index is 12.4. The van der Waals surface area contributed by atoms with Crippen LogP contribution in [0.4, 0.5) is 5.69 Å². The zero-order valence-electron chi connectivity index (χ0n) is 11.5. The number of aromatic nitrogens is 2. The second-order valence-electron chi connectivity index (χ2n) is 4.72. The fourth-order valence-corrected chi connectivity index (χ4v) is 1.98. The molecule has 2 rings (SSSR count). The van der Waals surface area contributed by atoms with Gasteiger partial charge in [-0.3, -0.25) is 14.2 Å². The van der Waals surface area contributed by atoms with Gasteiger partial charge in [-0.05, 0) is 19.1 Å². The molecule has 0 saturated heterocycles. The van der Waals surface area contributed by atoms with Crippen LogP contribution < -0.4 is 17.0 Å². The van der Waals surface area contributed by atoms with E-state index in [1.165, 1.54) is 24.9 Å². The molecule has 0 unspecified atom stereocenters. The van der Waals surface area contributed by atoms with Crippen LogP contribution in [0, 0.1) is 6.92 Å². The number of hydrogen-bond donors (Lipinski definition) is 1. The Labute approximate surface area is 115 Å². The molecule has 1 heterocycles. The van der Waals surface area contributed by atoms with E-state index in [0.717, 1.165) is 10.1 Å². The van der Waals surface area contributed by atoms with Crippen LogP contribution in [-0.4, -0.2) is 14.9 Å². The van der Waals surface area contributed by atoms with E-state index in [4.69, 9.17) is 5.73 Å². The van der Waals surface area contributed by atoms with E-state index in [1.807, 2.05) is 6.92 Å². The van der Waals surface area contributed by atoms with Crippen molar-refractivity contribution in [3.63, 3.8) is 0 Å². The highest BCUT2D eigenvalue weighted by atomic mass is 16.2. The van der Waals surface area contributed by atoms with Gasteiger partial charge in [-0.2, -0.15) is 0 Å². The molecule has 0 radical (unpaired) electrons. The minimum Gasteiger partial charge on any atom is -0.398 e. The molecule has 1 aromatic heterocycles. The topological polar surface area (TPSA) is 87.1 Å². The first-order chi connectivity index (χ1) is 9.32. The number of nitrogens with zero attached hydrogens (tertiary/aromatic N) is 2. The number of anilines is 1. The lowest BCUT2D eigenvalue weighted by atomic mass is 10.0. The quantitative estimate of drug-likeness (QED) is 0.625. The highest BCUT2D eigenvalue weighted by Gasteiger charge is 2.18. The molecule has 0 aliphatic carbocycles. The van der Waals surface area contributed by atoms with E-state index in [-0.39, 0.29) is 11.1 Å². The standard InChI is InChI=1S/C14H15N3O3/c1-8-4-5-11(15)9(6-8)12(18)10-7-16(2)14(20)17(3)13(10)19/h4-7H,15H2,1-3H3. The first-order valence-corrected chi connectivity index (χ1v) is 6.00. The molecule has 0 bridgehead atoms. The van der Waals surface area contributed by atoms with Crippen LogP contribution in [0.2, 0.25) is 0 Å². The molecule has 2 aromatic rings. The van der Waals surface area contributed by atoms with Gasteiger partial charge in [-0.15, -0.1) is 0 Å². The molecular weight excluding hydrogens is 258 g/mol. The van der Waals surface area contributed by atoms with Crippen LogP contribution in [-0.2, 0) is 14.1 Å². The van der Waals surface area contributed by atoms with Crippen LogP contribution in [0.5, 0.6) is 0 Å². The van der Waals surface area contributed by atoms with E-state index < -0.39 is 17.0 Å². The predicted molar refractivity (Wildman–Crippen MR) is 75.9 cm³/mol. The van der Waals surface area contributed by atoms with Crippen LogP contribution in [0.3, 0.4) is 0 Å². The van der Waals surface area contributed by atoms with Crippen molar-refractivity contribution in [2.45, 2.75) is 6.92 Å². The third kappa shape index (κ3) is 2.16. The molecule has 6 heteroatoms. The number of rotatable bonds is 2. The summed E-state index contributed by atoms with van der Waals surface area (Å²) in [5.41, 5.74) is 6.03. The maximum atomic E-state index is 12.4. The molecule has 0 atom stereocenters. The zero-order valence-corrected chi connectivity index (χ0v) is 11.5. The molecule has 1 aromatic carbocycles. The van der Waals surface area contributed by atoms with Gasteiger partial charge in [0.15, 0.2) is 0 Å². The van der Waals surface area contributed by atoms with Crippen molar-refractivity contribution < 1.29 is 4.79 Å². The molecule has 2 N–H and O–H groups in total. The van der Waals surface area contributed by atoms with Gasteiger partial charge in [0.2, 0.25) is 5.78 Å². The Morgan fingerprint density at radius 2 is 1.80 bits per heavy atom. The minimum atomic E-state index is -0.626. The van der Waals surface area contributed by atoms with E-state index >= 15 is 0 Å². The van der Waals surface area contributed by atoms with Crippen molar-refractivity contribution in [2.24, 2.45) is 14.1 Å². The average Bonchev–Trinajstić information content (AvgIpc) is 2.42. The third-order valence-corrected chi connectivity index (χ3v) is 3.14. The number of aryl methyl sites for hydroxylation is 2. The summed E-state index contributed by atoms with van der Waals surface area (Å²) in [6, 6.07) is 5.03. The van der Waals surface area contributed by atoms with E-state index in [2.05, 4.69) is 0 Å². The van der Waals surface area contributed by atoms with Gasteiger partial charge in [0.05, 0.1) is 0 Å². The van der Waals surface area contributed by atoms with Crippen LogP contribution >= 0.6 is 0 Å². The molecule has 0 fully saturated rings. The van der Waals surface area contributed by atoms with E-state index in [1.54, 1.807) is 18.2 Å². The van der Waals surface area contributed by atoms with Crippen LogP contribution in [0.25, 0.3) is 0 Å². The monoisotopic (exact) mass is 273 g/mol. The summed E-state index contributed by atoms with van der Waals surface area (Å²) in [5.74, 6) is -0.484. The minimum absolute atomic E-state index is 0.0769. The number of nitrogen functional groups attached to an aromatic ring is 1. The molecule has 0 amide bonds. The smallest absolute Gasteiger partial charge is 0.330 e. The van der Waals surface area contributed by atoms with Gasteiger partial charge in [0.25, 0.3) is 5.56 Å². The van der Waals surface area contributed by atoms with Gasteiger partial charge in [0, 0.05) is 31.5 Å². The van der Waals surface area contributed by atoms with Crippen molar-refractivity contribution in [1.82, 2.24) is 9.13 Å². The Kier molecular flexibility index (Phi) is 3.31. The largest absolute Gasteiger partial charge is 0.398 e. The molecule has 6 nitrogen and oxygen atoms in total. The summed E-state index contributed by atoms with van der Waals surface area (Å²) in [6.07, 6.45) is 1.24. The fraction of sp³-hybridized carbons (Fsp3) is 0.214. The van der Waals surface area contributed by atoms with Gasteiger partial charge < -0.3 is 10.3 Å². The number of nitrogens with two attached hydrogens (primary N) is 1. The molecule has 0 spiro atoms. The number of benzene rings is 1. The lowest BCUT2D eigenvalue weighted by Gasteiger charge is -2.08. The molecular formula is C14H15N3O3. The third-order valence-electron chi connectivity index (χ3n) is 3.14. The van der Waals surface area contributed by atoms with Crippen molar-refractivity contribution in [3.05, 3.63) is 61.9 Å². The summed E-state index contributed by atoms with van der Waals surface area (Å²) >= 11 is 0. The lowest BCUT2D eigenvalue weighted by molar-refractivity contribution is 0.103. The summed E-state index contributed by atoms with van der Waals surface area (Å²) in [6.45, 7) is 1.83. The Morgan fingerprint density at radius 3 is 2.45 bits per heavy atom. The van der Waals surface area contributed by atoms with Crippen molar-refractivity contribution in [2.75, 3.05) is 5.73 Å². The van der Waals surface area contributed by atoms with E-state index in [0.29, 0.717) is 5.69 Å². The van der Waals surface area contributed by atoms with Gasteiger partial charge in [-0.1, -0.05) is 11.6 Å². The average molecular weight is 273 g/mol. The zero-order chi connectivity index (χ0) is 15.0. The second kappa shape index (κ2) is 4.80. The number of carbonyl (C=O) groups excluding carboxylic acids is 1. The van der Waals surface area contributed by atoms with Crippen molar-refractivity contribution in [3.8, 4) is 0 Å². The lowest BCUT2D eigenvalue weighted by Crippen LogP contribution is -2.39.